The Morgan fingerprint density at radius 3 is 2.33 bits per heavy atom. The highest BCUT2D eigenvalue weighted by atomic mass is 19.4. The second-order valence-electron chi connectivity index (χ2n) is 5.93. The van der Waals surface area contributed by atoms with Crippen LogP contribution in [0.1, 0.15) is 10.4 Å². The Balaban J connectivity index is 1.40. The number of carbonyl (C=O) groups excluding carboxylic acids is 1. The first-order valence-corrected chi connectivity index (χ1v) is 8.78. The maximum atomic E-state index is 12.1. The zero-order valence-corrected chi connectivity index (χ0v) is 15.5. The number of halogens is 3. The molecule has 30 heavy (non-hydrogen) atoms. The summed E-state index contributed by atoms with van der Waals surface area (Å²) in [7, 11) is 0. The third-order valence-corrected chi connectivity index (χ3v) is 3.67. The second-order valence-corrected chi connectivity index (χ2v) is 5.93. The third kappa shape index (κ3) is 6.62. The van der Waals surface area contributed by atoms with E-state index in [4.69, 9.17) is 0 Å². The molecule has 3 aromatic rings. The third-order valence-electron chi connectivity index (χ3n) is 3.67. The molecule has 0 aliphatic heterocycles. The predicted molar refractivity (Wildman–Crippen MR) is 103 cm³/mol. The molecule has 0 saturated heterocycles. The van der Waals surface area contributed by atoms with Crippen LogP contribution in [0.25, 0.3) is 0 Å². The van der Waals surface area contributed by atoms with Gasteiger partial charge in [-0.3, -0.25) is 9.78 Å². The lowest BCUT2D eigenvalue weighted by molar-refractivity contribution is -0.274. The molecule has 0 aliphatic rings. The normalized spacial score (nSPS) is 10.9. The lowest BCUT2D eigenvalue weighted by Crippen LogP contribution is -2.28. The Kier molecular flexibility index (Phi) is 6.63. The van der Waals surface area contributed by atoms with Gasteiger partial charge in [-0.1, -0.05) is 0 Å². The van der Waals surface area contributed by atoms with Crippen molar-refractivity contribution in [1.82, 2.24) is 20.5 Å². The predicted octanol–water partition coefficient (Wildman–Crippen LogP) is 3.36. The molecule has 3 rings (SSSR count). The summed E-state index contributed by atoms with van der Waals surface area (Å²) in [5.41, 5.74) is 1.00. The van der Waals surface area contributed by atoms with E-state index >= 15 is 0 Å². The summed E-state index contributed by atoms with van der Waals surface area (Å²) < 4.78 is 40.2. The number of amides is 1. The first-order valence-electron chi connectivity index (χ1n) is 8.78. The van der Waals surface area contributed by atoms with E-state index in [9.17, 15) is 18.0 Å². The van der Waals surface area contributed by atoms with E-state index in [2.05, 4.69) is 35.9 Å². The molecule has 0 radical (unpaired) electrons. The molecular weight excluding hydrogens is 401 g/mol. The van der Waals surface area contributed by atoms with Crippen molar-refractivity contribution in [3.63, 3.8) is 0 Å². The molecule has 156 valence electrons. The Bertz CT molecular complexity index is 951. The number of aromatic nitrogens is 3. The molecule has 2 heterocycles. The number of nitrogens with zero attached hydrogens (tertiary/aromatic N) is 3. The first-order chi connectivity index (χ1) is 14.4. The monoisotopic (exact) mass is 418 g/mol. The zero-order valence-electron chi connectivity index (χ0n) is 15.5. The van der Waals surface area contributed by atoms with Crippen LogP contribution in [0, 0.1) is 0 Å². The highest BCUT2D eigenvalue weighted by Crippen LogP contribution is 2.22. The quantitative estimate of drug-likeness (QED) is 0.482. The minimum Gasteiger partial charge on any atom is -0.406 e. The van der Waals surface area contributed by atoms with E-state index < -0.39 is 12.3 Å². The standard InChI is InChI=1S/C19H17F3N6O2/c20-19(21,22)30-15-5-3-13(4-6-15)18(29)25-11-10-24-16-7-8-17(28-27-16)26-14-2-1-9-23-12-14/h1-9,12H,10-11H2,(H,24,27)(H,25,29)(H,26,28). The number of nitrogens with one attached hydrogen (secondary N) is 3. The minimum absolute atomic E-state index is 0.218. The van der Waals surface area contributed by atoms with Gasteiger partial charge in [-0.2, -0.15) is 0 Å². The number of ether oxygens (including phenoxy) is 1. The molecular formula is C19H17F3N6O2. The Morgan fingerprint density at radius 1 is 0.967 bits per heavy atom. The molecule has 11 heteroatoms. The van der Waals surface area contributed by atoms with E-state index in [1.807, 2.05) is 6.07 Å². The average molecular weight is 418 g/mol. The van der Waals surface area contributed by atoms with Crippen LogP contribution < -0.4 is 20.7 Å². The van der Waals surface area contributed by atoms with Gasteiger partial charge in [0, 0.05) is 24.8 Å². The smallest absolute Gasteiger partial charge is 0.406 e. The van der Waals surface area contributed by atoms with Gasteiger partial charge in [0.15, 0.2) is 5.82 Å². The number of pyridine rings is 1. The van der Waals surface area contributed by atoms with Crippen LogP contribution in [0.15, 0.2) is 60.9 Å². The summed E-state index contributed by atoms with van der Waals surface area (Å²) in [6.07, 6.45) is -1.45. The van der Waals surface area contributed by atoms with Crippen LogP contribution in [-0.4, -0.2) is 40.5 Å². The van der Waals surface area contributed by atoms with Crippen LogP contribution in [-0.2, 0) is 0 Å². The number of carbonyl (C=O) groups is 1. The minimum atomic E-state index is -4.77. The molecule has 2 aromatic heterocycles. The van der Waals surface area contributed by atoms with Crippen LogP contribution in [0.5, 0.6) is 5.75 Å². The van der Waals surface area contributed by atoms with Crippen molar-refractivity contribution in [2.24, 2.45) is 0 Å². The van der Waals surface area contributed by atoms with Crippen molar-refractivity contribution in [2.75, 3.05) is 23.7 Å². The Hall–Kier alpha value is -3.89. The molecule has 0 spiro atoms. The van der Waals surface area contributed by atoms with Crippen LogP contribution in [0.3, 0.4) is 0 Å². The average Bonchev–Trinajstić information content (AvgIpc) is 2.72. The number of hydrogen-bond donors (Lipinski definition) is 3. The van der Waals surface area contributed by atoms with E-state index in [0.717, 1.165) is 17.8 Å². The van der Waals surface area contributed by atoms with E-state index in [0.29, 0.717) is 18.2 Å². The van der Waals surface area contributed by atoms with Crippen molar-refractivity contribution in [1.29, 1.82) is 0 Å². The van der Waals surface area contributed by atoms with E-state index in [-0.39, 0.29) is 17.9 Å². The molecule has 1 amide bonds. The molecule has 8 nitrogen and oxygen atoms in total. The van der Waals surface area contributed by atoms with E-state index in [1.165, 1.54) is 12.1 Å². The van der Waals surface area contributed by atoms with Gasteiger partial charge >= 0.3 is 6.36 Å². The molecule has 0 atom stereocenters. The van der Waals surface area contributed by atoms with Gasteiger partial charge in [-0.25, -0.2) is 0 Å². The summed E-state index contributed by atoms with van der Waals surface area (Å²) >= 11 is 0. The number of alkyl halides is 3. The fraction of sp³-hybridized carbons (Fsp3) is 0.158. The molecule has 0 saturated carbocycles. The largest absolute Gasteiger partial charge is 0.573 e. The summed E-state index contributed by atoms with van der Waals surface area (Å²) in [6.45, 7) is 0.655. The molecule has 0 unspecified atom stereocenters. The molecule has 0 bridgehead atoms. The van der Waals surface area contributed by atoms with Crippen molar-refractivity contribution in [2.45, 2.75) is 6.36 Å². The van der Waals surface area contributed by atoms with Gasteiger partial charge < -0.3 is 20.7 Å². The highest BCUT2D eigenvalue weighted by Gasteiger charge is 2.31. The van der Waals surface area contributed by atoms with Crippen LogP contribution in [0.4, 0.5) is 30.5 Å². The van der Waals surface area contributed by atoms with Gasteiger partial charge in [0.05, 0.1) is 11.9 Å². The Labute approximate surface area is 169 Å². The number of benzene rings is 1. The van der Waals surface area contributed by atoms with Crippen LogP contribution >= 0.6 is 0 Å². The molecule has 0 aliphatic carbocycles. The zero-order chi connectivity index (χ0) is 21.4. The van der Waals surface area contributed by atoms with Crippen molar-refractivity contribution < 1.29 is 22.7 Å². The van der Waals surface area contributed by atoms with Gasteiger partial charge in [0.1, 0.15) is 11.6 Å². The Morgan fingerprint density at radius 2 is 1.70 bits per heavy atom. The summed E-state index contributed by atoms with van der Waals surface area (Å²) in [4.78, 5) is 16.0. The van der Waals surface area contributed by atoms with Crippen molar-refractivity contribution in [3.05, 3.63) is 66.5 Å². The second kappa shape index (κ2) is 9.54. The maximum Gasteiger partial charge on any atom is 0.573 e. The topological polar surface area (TPSA) is 101 Å². The molecule has 1 aromatic carbocycles. The van der Waals surface area contributed by atoms with Gasteiger partial charge in [-0.15, -0.1) is 23.4 Å². The van der Waals surface area contributed by atoms with Gasteiger partial charge in [0.2, 0.25) is 0 Å². The first kappa shape index (κ1) is 20.8. The maximum absolute atomic E-state index is 12.1. The SMILES string of the molecule is O=C(NCCNc1ccc(Nc2cccnc2)nn1)c1ccc(OC(F)(F)F)cc1. The summed E-state index contributed by atoms with van der Waals surface area (Å²) in [6, 6.07) is 11.8. The van der Waals surface area contributed by atoms with Crippen molar-refractivity contribution in [3.8, 4) is 5.75 Å². The molecule has 3 N–H and O–H groups in total. The number of rotatable bonds is 8. The summed E-state index contributed by atoms with van der Waals surface area (Å²) in [5, 5.41) is 16.8. The van der Waals surface area contributed by atoms with Gasteiger partial charge in [-0.05, 0) is 48.5 Å². The fourth-order valence-electron chi connectivity index (χ4n) is 2.35. The number of hydrogen-bond acceptors (Lipinski definition) is 7. The fourth-order valence-corrected chi connectivity index (χ4v) is 2.35. The van der Waals surface area contributed by atoms with Crippen molar-refractivity contribution >= 4 is 23.2 Å². The van der Waals surface area contributed by atoms with E-state index in [1.54, 1.807) is 30.6 Å². The highest BCUT2D eigenvalue weighted by molar-refractivity contribution is 5.94. The lowest BCUT2D eigenvalue weighted by Gasteiger charge is -2.10. The van der Waals surface area contributed by atoms with Gasteiger partial charge in [0.25, 0.3) is 5.91 Å². The number of anilines is 3. The van der Waals surface area contributed by atoms with Crippen LogP contribution in [0.2, 0.25) is 0 Å². The lowest BCUT2D eigenvalue weighted by atomic mass is 10.2. The molecule has 0 fully saturated rings. The summed E-state index contributed by atoms with van der Waals surface area (Å²) in [5.74, 6) is 0.271.